The minimum absolute atomic E-state index is 0.544. The highest BCUT2D eigenvalue weighted by Crippen LogP contribution is 2.25. The lowest BCUT2D eigenvalue weighted by molar-refractivity contribution is 0.210. The zero-order chi connectivity index (χ0) is 15.6. The van der Waals surface area contributed by atoms with Crippen LogP contribution >= 0.6 is 11.6 Å². The highest BCUT2D eigenvalue weighted by molar-refractivity contribution is 6.33. The van der Waals surface area contributed by atoms with E-state index in [4.69, 9.17) is 16.1 Å². The number of fused-ring (bicyclic) bond motifs is 1. The minimum atomic E-state index is 0.544. The molecular weight excluding hydrogens is 310 g/mol. The van der Waals surface area contributed by atoms with Crippen molar-refractivity contribution in [3.8, 4) is 11.4 Å². The first-order valence-corrected chi connectivity index (χ1v) is 8.04. The summed E-state index contributed by atoms with van der Waals surface area (Å²) in [5.74, 6) is 1.17. The first-order valence-electron chi connectivity index (χ1n) is 7.66. The van der Waals surface area contributed by atoms with Crippen LogP contribution in [0.4, 0.5) is 0 Å². The van der Waals surface area contributed by atoms with Crippen LogP contribution in [0.25, 0.3) is 11.4 Å². The zero-order valence-electron chi connectivity index (χ0n) is 12.6. The van der Waals surface area contributed by atoms with Gasteiger partial charge in [-0.1, -0.05) is 53.2 Å². The van der Waals surface area contributed by atoms with E-state index in [0.717, 1.165) is 25.1 Å². The summed E-state index contributed by atoms with van der Waals surface area (Å²) in [5.41, 5.74) is 3.61. The number of hydrogen-bond acceptors (Lipinski definition) is 4. The third-order valence-corrected chi connectivity index (χ3v) is 4.48. The summed E-state index contributed by atoms with van der Waals surface area (Å²) in [5, 5.41) is 4.69. The molecule has 1 aromatic heterocycles. The van der Waals surface area contributed by atoms with Crippen LogP contribution < -0.4 is 0 Å². The number of halogens is 1. The molecule has 0 spiro atoms. The Kier molecular flexibility index (Phi) is 3.85. The van der Waals surface area contributed by atoms with E-state index in [1.807, 2.05) is 24.3 Å². The molecule has 0 saturated heterocycles. The molecule has 4 nitrogen and oxygen atoms in total. The van der Waals surface area contributed by atoms with Gasteiger partial charge in [-0.2, -0.15) is 4.98 Å². The van der Waals surface area contributed by atoms with Gasteiger partial charge in [-0.25, -0.2) is 0 Å². The van der Waals surface area contributed by atoms with Crippen LogP contribution in [0.3, 0.4) is 0 Å². The van der Waals surface area contributed by atoms with Gasteiger partial charge < -0.3 is 4.52 Å². The predicted molar refractivity (Wildman–Crippen MR) is 89.0 cm³/mol. The molecule has 0 bridgehead atoms. The standard InChI is InChI=1S/C18H16ClN3O/c19-16-8-4-3-7-15(16)18-20-17(23-21-18)12-22-10-9-13-5-1-2-6-14(13)11-22/h1-8H,9-12H2. The molecule has 116 valence electrons. The van der Waals surface area contributed by atoms with Gasteiger partial charge in [0, 0.05) is 18.7 Å². The Labute approximate surface area is 139 Å². The Hall–Kier alpha value is -2.17. The van der Waals surface area contributed by atoms with E-state index in [0.29, 0.717) is 23.3 Å². The van der Waals surface area contributed by atoms with E-state index in [2.05, 4.69) is 39.3 Å². The number of rotatable bonds is 3. The van der Waals surface area contributed by atoms with E-state index in [1.165, 1.54) is 11.1 Å². The maximum Gasteiger partial charge on any atom is 0.241 e. The maximum atomic E-state index is 6.18. The number of aromatic nitrogens is 2. The lowest BCUT2D eigenvalue weighted by Crippen LogP contribution is -2.30. The molecule has 5 heteroatoms. The van der Waals surface area contributed by atoms with Crippen molar-refractivity contribution < 1.29 is 4.52 Å². The average molecular weight is 326 g/mol. The summed E-state index contributed by atoms with van der Waals surface area (Å²) in [4.78, 5) is 6.81. The molecule has 1 aliphatic heterocycles. The normalized spacial score (nSPS) is 14.7. The van der Waals surface area contributed by atoms with Crippen LogP contribution in [-0.2, 0) is 19.5 Å². The third kappa shape index (κ3) is 3.00. The van der Waals surface area contributed by atoms with Crippen molar-refractivity contribution in [2.45, 2.75) is 19.5 Å². The molecular formula is C18H16ClN3O. The van der Waals surface area contributed by atoms with Gasteiger partial charge in [0.05, 0.1) is 11.6 Å². The zero-order valence-corrected chi connectivity index (χ0v) is 13.3. The molecule has 23 heavy (non-hydrogen) atoms. The van der Waals surface area contributed by atoms with Crippen molar-refractivity contribution in [2.24, 2.45) is 0 Å². The topological polar surface area (TPSA) is 42.2 Å². The van der Waals surface area contributed by atoms with Crippen molar-refractivity contribution >= 4 is 11.6 Å². The molecule has 2 heterocycles. The summed E-state index contributed by atoms with van der Waals surface area (Å²) in [6.07, 6.45) is 1.06. The van der Waals surface area contributed by atoms with Crippen molar-refractivity contribution in [3.63, 3.8) is 0 Å². The molecule has 0 radical (unpaired) electrons. The molecule has 0 N–H and O–H groups in total. The molecule has 1 aliphatic rings. The Morgan fingerprint density at radius 3 is 2.70 bits per heavy atom. The van der Waals surface area contributed by atoms with Gasteiger partial charge in [-0.05, 0) is 29.7 Å². The lowest BCUT2D eigenvalue weighted by atomic mass is 10.00. The Bertz CT molecular complexity index is 830. The van der Waals surface area contributed by atoms with Gasteiger partial charge in [-0.15, -0.1) is 0 Å². The average Bonchev–Trinajstić information content (AvgIpc) is 3.03. The second-order valence-electron chi connectivity index (χ2n) is 5.72. The predicted octanol–water partition coefficient (Wildman–Crippen LogP) is 3.95. The molecule has 0 unspecified atom stereocenters. The van der Waals surface area contributed by atoms with E-state index in [1.54, 1.807) is 0 Å². The summed E-state index contributed by atoms with van der Waals surface area (Å²) >= 11 is 6.18. The first-order chi connectivity index (χ1) is 11.3. The van der Waals surface area contributed by atoms with Crippen molar-refractivity contribution in [2.75, 3.05) is 6.54 Å². The molecule has 0 aliphatic carbocycles. The lowest BCUT2D eigenvalue weighted by Gasteiger charge is -2.27. The molecule has 2 aromatic carbocycles. The summed E-state index contributed by atoms with van der Waals surface area (Å²) < 4.78 is 5.40. The SMILES string of the molecule is Clc1ccccc1-c1noc(CN2CCc3ccccc3C2)n1. The molecule has 0 saturated carbocycles. The fraction of sp³-hybridized carbons (Fsp3) is 0.222. The van der Waals surface area contributed by atoms with Crippen LogP contribution in [-0.4, -0.2) is 21.6 Å². The van der Waals surface area contributed by atoms with Crippen LogP contribution in [0.1, 0.15) is 17.0 Å². The first kappa shape index (κ1) is 14.4. The van der Waals surface area contributed by atoms with E-state index in [-0.39, 0.29) is 0 Å². The number of hydrogen-bond donors (Lipinski definition) is 0. The Morgan fingerprint density at radius 2 is 1.83 bits per heavy atom. The number of benzene rings is 2. The van der Waals surface area contributed by atoms with E-state index < -0.39 is 0 Å². The van der Waals surface area contributed by atoms with Crippen LogP contribution in [0.5, 0.6) is 0 Å². The second kappa shape index (κ2) is 6.14. The van der Waals surface area contributed by atoms with Crippen molar-refractivity contribution in [1.29, 1.82) is 0 Å². The largest absolute Gasteiger partial charge is 0.338 e. The van der Waals surface area contributed by atoms with E-state index in [9.17, 15) is 0 Å². The van der Waals surface area contributed by atoms with Gasteiger partial charge in [0.2, 0.25) is 11.7 Å². The quantitative estimate of drug-likeness (QED) is 0.731. The molecule has 0 amide bonds. The van der Waals surface area contributed by atoms with Crippen LogP contribution in [0.2, 0.25) is 5.02 Å². The highest BCUT2D eigenvalue weighted by atomic mass is 35.5. The molecule has 3 aromatic rings. The van der Waals surface area contributed by atoms with Gasteiger partial charge in [0.15, 0.2) is 0 Å². The Morgan fingerprint density at radius 1 is 1.04 bits per heavy atom. The monoisotopic (exact) mass is 325 g/mol. The van der Waals surface area contributed by atoms with Gasteiger partial charge in [-0.3, -0.25) is 4.90 Å². The smallest absolute Gasteiger partial charge is 0.241 e. The fourth-order valence-electron chi connectivity index (χ4n) is 2.95. The molecule has 0 atom stereocenters. The summed E-state index contributed by atoms with van der Waals surface area (Å²) in [6, 6.07) is 16.1. The number of nitrogens with zero attached hydrogens (tertiary/aromatic N) is 3. The summed E-state index contributed by atoms with van der Waals surface area (Å²) in [6.45, 7) is 2.58. The Balaban J connectivity index is 1.50. The molecule has 4 rings (SSSR count). The van der Waals surface area contributed by atoms with Gasteiger partial charge >= 0.3 is 0 Å². The maximum absolute atomic E-state index is 6.18. The van der Waals surface area contributed by atoms with Crippen molar-refractivity contribution in [3.05, 3.63) is 70.6 Å². The summed E-state index contributed by atoms with van der Waals surface area (Å²) in [7, 11) is 0. The van der Waals surface area contributed by atoms with Gasteiger partial charge in [0.25, 0.3) is 0 Å². The van der Waals surface area contributed by atoms with Crippen molar-refractivity contribution in [1.82, 2.24) is 15.0 Å². The second-order valence-corrected chi connectivity index (χ2v) is 6.13. The van der Waals surface area contributed by atoms with Crippen LogP contribution in [0.15, 0.2) is 53.1 Å². The third-order valence-electron chi connectivity index (χ3n) is 4.15. The highest BCUT2D eigenvalue weighted by Gasteiger charge is 2.19. The molecule has 0 fully saturated rings. The minimum Gasteiger partial charge on any atom is -0.338 e. The van der Waals surface area contributed by atoms with E-state index >= 15 is 0 Å². The van der Waals surface area contributed by atoms with Crippen LogP contribution in [0, 0.1) is 0 Å². The van der Waals surface area contributed by atoms with Gasteiger partial charge in [0.1, 0.15) is 0 Å². The fourth-order valence-corrected chi connectivity index (χ4v) is 3.17.